The minimum atomic E-state index is -0.785. The van der Waals surface area contributed by atoms with Crippen LogP contribution in [-0.4, -0.2) is 77.7 Å². The molecule has 0 radical (unpaired) electrons. The highest BCUT2D eigenvalue weighted by Gasteiger charge is 2.40. The number of pyridine rings is 1. The SMILES string of the molecule is Cc1nc(Nc2cccc(-c3cccc(-c4nc5cc(CN6CCC(C)(C(=O)O)C6)cc(C#N)c5o4)c3C)c2C)c2ncc(CN3CC[C@@](C)(O)C3)cc2n1. The van der Waals surface area contributed by atoms with E-state index in [9.17, 15) is 20.3 Å². The topological polar surface area (TPSA) is 165 Å². The van der Waals surface area contributed by atoms with Gasteiger partial charge in [-0.25, -0.2) is 15.0 Å². The molecule has 0 spiro atoms. The van der Waals surface area contributed by atoms with Crippen molar-refractivity contribution < 1.29 is 19.4 Å². The van der Waals surface area contributed by atoms with Crippen LogP contribution in [0.25, 0.3) is 44.7 Å². The molecule has 2 fully saturated rings. The van der Waals surface area contributed by atoms with Gasteiger partial charge in [0.05, 0.1) is 22.1 Å². The molecule has 2 saturated heterocycles. The van der Waals surface area contributed by atoms with Gasteiger partial charge in [0, 0.05) is 50.2 Å². The molecule has 5 heterocycles. The molecule has 0 bridgehead atoms. The number of carboxylic acid groups (broad SMARTS) is 1. The van der Waals surface area contributed by atoms with E-state index in [1.807, 2.05) is 56.4 Å². The van der Waals surface area contributed by atoms with E-state index in [0.29, 0.717) is 78.9 Å². The summed E-state index contributed by atoms with van der Waals surface area (Å²) >= 11 is 0. The molecule has 3 N–H and O–H groups in total. The lowest BCUT2D eigenvalue weighted by molar-refractivity contribution is -0.147. The Morgan fingerprint density at radius 2 is 1.58 bits per heavy atom. The van der Waals surface area contributed by atoms with Crippen molar-refractivity contribution in [1.29, 1.82) is 5.26 Å². The van der Waals surface area contributed by atoms with Gasteiger partial charge in [0.1, 0.15) is 22.9 Å². The molecular weight excluding hydrogens is 693 g/mol. The lowest BCUT2D eigenvalue weighted by Gasteiger charge is -2.20. The van der Waals surface area contributed by atoms with E-state index in [4.69, 9.17) is 24.4 Å². The van der Waals surface area contributed by atoms with Crippen molar-refractivity contribution in [3.8, 4) is 28.7 Å². The van der Waals surface area contributed by atoms with Crippen LogP contribution < -0.4 is 5.32 Å². The third kappa shape index (κ3) is 7.02. The normalized spacial score (nSPS) is 20.4. The number of carbonyl (C=O) groups is 1. The van der Waals surface area contributed by atoms with E-state index < -0.39 is 17.0 Å². The number of rotatable bonds is 9. The lowest BCUT2D eigenvalue weighted by Crippen LogP contribution is -2.31. The van der Waals surface area contributed by atoms with Crippen LogP contribution in [0.3, 0.4) is 0 Å². The molecule has 2 atom stereocenters. The Balaban J connectivity index is 1.07. The number of hydrogen-bond acceptors (Lipinski definition) is 11. The number of benzene rings is 3. The van der Waals surface area contributed by atoms with Crippen molar-refractivity contribution >= 4 is 39.6 Å². The second-order valence-electron chi connectivity index (χ2n) is 15.8. The summed E-state index contributed by atoms with van der Waals surface area (Å²) in [5.74, 6) is 0.909. The maximum Gasteiger partial charge on any atom is 0.310 e. The molecule has 8 rings (SSSR count). The summed E-state index contributed by atoms with van der Waals surface area (Å²) in [7, 11) is 0. The molecular formula is C43H44N8O4. The molecule has 6 aromatic rings. The van der Waals surface area contributed by atoms with Crippen LogP contribution in [0.4, 0.5) is 11.5 Å². The second-order valence-corrected chi connectivity index (χ2v) is 15.8. The van der Waals surface area contributed by atoms with Gasteiger partial charge in [-0.15, -0.1) is 0 Å². The third-order valence-corrected chi connectivity index (χ3v) is 11.2. The summed E-state index contributed by atoms with van der Waals surface area (Å²) in [6.45, 7) is 13.5. The Kier molecular flexibility index (Phi) is 9.12. The Labute approximate surface area is 319 Å². The molecule has 2 aliphatic rings. The van der Waals surface area contributed by atoms with Crippen molar-refractivity contribution in [2.24, 2.45) is 5.41 Å². The predicted molar refractivity (Wildman–Crippen MR) is 211 cm³/mol. The zero-order chi connectivity index (χ0) is 38.6. The molecule has 2 aliphatic heterocycles. The number of β-amino-alcohol motifs (C(OH)–C–C–N with tert-alkyl or cyclic N) is 1. The number of aliphatic hydroxyl groups is 1. The monoisotopic (exact) mass is 736 g/mol. The number of anilines is 2. The van der Waals surface area contributed by atoms with E-state index >= 15 is 0 Å². The molecule has 0 saturated carbocycles. The van der Waals surface area contributed by atoms with Crippen LogP contribution in [0.2, 0.25) is 0 Å². The number of aromatic nitrogens is 4. The Hall–Kier alpha value is -5.74. The Bertz CT molecular complexity index is 2540. The van der Waals surface area contributed by atoms with Crippen LogP contribution in [0, 0.1) is 37.5 Å². The largest absolute Gasteiger partial charge is 0.481 e. The highest BCUT2D eigenvalue weighted by Crippen LogP contribution is 2.38. The average molecular weight is 737 g/mol. The molecule has 1 unspecified atom stereocenters. The van der Waals surface area contributed by atoms with E-state index in [-0.39, 0.29) is 0 Å². The van der Waals surface area contributed by atoms with Crippen molar-refractivity contribution in [1.82, 2.24) is 29.7 Å². The second kappa shape index (κ2) is 13.8. The Morgan fingerprint density at radius 1 is 0.891 bits per heavy atom. The van der Waals surface area contributed by atoms with Crippen molar-refractivity contribution in [2.75, 3.05) is 31.5 Å². The number of fused-ring (bicyclic) bond motifs is 2. The first kappa shape index (κ1) is 36.2. The van der Waals surface area contributed by atoms with Crippen LogP contribution >= 0.6 is 0 Å². The first-order chi connectivity index (χ1) is 26.3. The molecule has 12 nitrogen and oxygen atoms in total. The molecule has 0 aliphatic carbocycles. The Morgan fingerprint density at radius 3 is 2.31 bits per heavy atom. The molecule has 3 aromatic heterocycles. The number of aliphatic carboxylic acids is 1. The maximum atomic E-state index is 11.8. The number of hydrogen-bond donors (Lipinski definition) is 3. The maximum absolute atomic E-state index is 11.8. The van der Waals surface area contributed by atoms with Gasteiger partial charge in [-0.1, -0.05) is 24.3 Å². The first-order valence-corrected chi connectivity index (χ1v) is 18.6. The number of nitriles is 1. The van der Waals surface area contributed by atoms with Gasteiger partial charge in [0.25, 0.3) is 0 Å². The zero-order valence-electron chi connectivity index (χ0n) is 31.8. The third-order valence-electron chi connectivity index (χ3n) is 11.2. The number of nitrogens with zero attached hydrogens (tertiary/aromatic N) is 7. The number of likely N-dealkylation sites (tertiary alicyclic amines) is 2. The summed E-state index contributed by atoms with van der Waals surface area (Å²) in [6.07, 6.45) is 3.21. The van der Waals surface area contributed by atoms with Crippen molar-refractivity contribution in [3.63, 3.8) is 0 Å². The summed E-state index contributed by atoms with van der Waals surface area (Å²) in [5.41, 5.74) is 9.14. The van der Waals surface area contributed by atoms with Gasteiger partial charge >= 0.3 is 5.97 Å². The van der Waals surface area contributed by atoms with E-state index in [1.54, 1.807) is 6.92 Å². The van der Waals surface area contributed by atoms with Gasteiger partial charge in [0.15, 0.2) is 11.4 Å². The summed E-state index contributed by atoms with van der Waals surface area (Å²) < 4.78 is 6.30. The van der Waals surface area contributed by atoms with Gasteiger partial charge in [-0.3, -0.25) is 19.6 Å². The molecule has 55 heavy (non-hydrogen) atoms. The summed E-state index contributed by atoms with van der Waals surface area (Å²) in [5, 5.41) is 33.7. The molecule has 12 heteroatoms. The molecule has 3 aromatic carbocycles. The standard InChI is InChI=1S/C43H44N8O4/c1-25-31(8-6-10-33(25)40-49-36-17-28(16-30(19-44)38(36)55-40)21-50-14-12-42(4,23-50)41(52)53)32-9-7-11-34(26(32)2)48-39-37-35(46-27(3)47-39)18-29(20-45-37)22-51-15-13-43(5,54)24-51/h6-11,16-18,20,54H,12-15,21-24H2,1-5H3,(H,52,53)(H,46,47,48)/t42?,43-/m1/s1. The van der Waals surface area contributed by atoms with E-state index in [0.717, 1.165) is 63.1 Å². The van der Waals surface area contributed by atoms with Gasteiger partial charge in [-0.05, 0) is 118 Å². The fourth-order valence-corrected chi connectivity index (χ4v) is 8.14. The van der Waals surface area contributed by atoms with Crippen LogP contribution in [0.15, 0.2) is 65.2 Å². The highest BCUT2D eigenvalue weighted by atomic mass is 16.4. The lowest BCUT2D eigenvalue weighted by atomic mass is 9.90. The predicted octanol–water partition coefficient (Wildman–Crippen LogP) is 7.29. The fourth-order valence-electron chi connectivity index (χ4n) is 8.14. The average Bonchev–Trinajstić information content (AvgIpc) is 3.85. The van der Waals surface area contributed by atoms with Gasteiger partial charge < -0.3 is 19.9 Å². The number of aryl methyl sites for hydroxylation is 1. The number of carboxylic acids is 1. The van der Waals surface area contributed by atoms with Gasteiger partial charge in [0.2, 0.25) is 5.89 Å². The minimum Gasteiger partial charge on any atom is -0.481 e. The number of oxazole rings is 1. The van der Waals surface area contributed by atoms with Crippen molar-refractivity contribution in [3.05, 3.63) is 94.4 Å². The van der Waals surface area contributed by atoms with E-state index in [1.165, 1.54) is 0 Å². The first-order valence-electron chi connectivity index (χ1n) is 18.6. The molecule has 0 amide bonds. The highest BCUT2D eigenvalue weighted by molar-refractivity contribution is 5.90. The van der Waals surface area contributed by atoms with Crippen LogP contribution in [0.1, 0.15) is 60.3 Å². The van der Waals surface area contributed by atoms with Crippen LogP contribution in [0.5, 0.6) is 0 Å². The van der Waals surface area contributed by atoms with E-state index in [2.05, 4.69) is 53.2 Å². The van der Waals surface area contributed by atoms with Gasteiger partial charge in [-0.2, -0.15) is 5.26 Å². The molecule has 280 valence electrons. The summed E-state index contributed by atoms with van der Waals surface area (Å²) in [4.78, 5) is 35.3. The fraction of sp³-hybridized carbons (Fsp3) is 0.349. The smallest absolute Gasteiger partial charge is 0.310 e. The summed E-state index contributed by atoms with van der Waals surface area (Å²) in [6, 6.07) is 20.3. The number of nitrogens with one attached hydrogen (secondary N) is 1. The van der Waals surface area contributed by atoms with Crippen LogP contribution in [-0.2, 0) is 17.9 Å². The zero-order valence-corrected chi connectivity index (χ0v) is 31.8. The minimum absolute atomic E-state index is 0.397. The van der Waals surface area contributed by atoms with Crippen molar-refractivity contribution in [2.45, 2.75) is 66.2 Å². The quantitative estimate of drug-likeness (QED) is 0.136.